The number of hydrogen-bond donors (Lipinski definition) is 2. The molecule has 1 aromatic rings. The molecule has 5 heteroatoms. The Kier molecular flexibility index (Phi) is 3.82. The van der Waals surface area contributed by atoms with Crippen molar-refractivity contribution in [2.75, 3.05) is 18.0 Å². The maximum absolute atomic E-state index is 13.8. The molecule has 0 bridgehead atoms. The summed E-state index contributed by atoms with van der Waals surface area (Å²) in [6.07, 6.45) is 0.246. The van der Waals surface area contributed by atoms with Gasteiger partial charge in [-0.2, -0.15) is 0 Å². The summed E-state index contributed by atoms with van der Waals surface area (Å²) in [4.78, 5) is 1.61. The lowest BCUT2D eigenvalue weighted by atomic mass is 10.0. The molecule has 1 aromatic carbocycles. The van der Waals surface area contributed by atoms with E-state index < -0.39 is 17.7 Å². The third-order valence-electron chi connectivity index (χ3n) is 3.48. The number of hydrogen-bond acceptors (Lipinski definition) is 3. The zero-order valence-electron chi connectivity index (χ0n) is 10.2. The van der Waals surface area contributed by atoms with Crippen molar-refractivity contribution < 1.29 is 19.0 Å². The molecule has 1 saturated heterocycles. The Morgan fingerprint density at radius 3 is 2.44 bits per heavy atom. The van der Waals surface area contributed by atoms with Crippen LogP contribution in [0.3, 0.4) is 0 Å². The fourth-order valence-corrected chi connectivity index (χ4v) is 2.40. The fourth-order valence-electron chi connectivity index (χ4n) is 2.40. The highest BCUT2D eigenvalue weighted by Gasteiger charge is 2.29. The maximum atomic E-state index is 13.8. The summed E-state index contributed by atoms with van der Waals surface area (Å²) in [6.45, 7) is 2.28. The van der Waals surface area contributed by atoms with Crippen LogP contribution in [-0.4, -0.2) is 29.4 Å². The molecule has 18 heavy (non-hydrogen) atoms. The predicted molar refractivity (Wildman–Crippen MR) is 64.3 cm³/mol. The molecule has 1 heterocycles. The van der Waals surface area contributed by atoms with E-state index in [2.05, 4.69) is 0 Å². The Morgan fingerprint density at radius 2 is 2.00 bits per heavy atom. The number of nitrogens with zero attached hydrogens (tertiary/aromatic N) is 1. The Balaban J connectivity index is 2.24. The number of anilines is 1. The van der Waals surface area contributed by atoms with E-state index >= 15 is 0 Å². The number of aliphatic hydroxyl groups is 2. The summed E-state index contributed by atoms with van der Waals surface area (Å²) in [6, 6.07) is 2.29. The van der Waals surface area contributed by atoms with Crippen molar-refractivity contribution in [3.05, 3.63) is 29.3 Å². The number of aliphatic hydroxyl groups excluding tert-OH is 2. The highest BCUT2D eigenvalue weighted by atomic mass is 19.1. The molecule has 3 nitrogen and oxygen atoms in total. The van der Waals surface area contributed by atoms with Crippen molar-refractivity contribution in [3.63, 3.8) is 0 Å². The summed E-state index contributed by atoms with van der Waals surface area (Å²) >= 11 is 0. The smallest absolute Gasteiger partial charge is 0.149 e. The molecule has 2 atom stereocenters. The van der Waals surface area contributed by atoms with Gasteiger partial charge < -0.3 is 15.1 Å². The van der Waals surface area contributed by atoms with Crippen LogP contribution in [0.15, 0.2) is 12.1 Å². The molecule has 0 spiro atoms. The van der Waals surface area contributed by atoms with Crippen LogP contribution in [0.1, 0.15) is 18.9 Å². The van der Waals surface area contributed by atoms with Crippen LogP contribution >= 0.6 is 0 Å². The summed E-state index contributed by atoms with van der Waals surface area (Å²) in [5.74, 6) is -1.28. The van der Waals surface area contributed by atoms with Crippen LogP contribution in [0.5, 0.6) is 0 Å². The fraction of sp³-hybridized carbons (Fsp3) is 0.538. The number of halogens is 2. The number of benzene rings is 1. The van der Waals surface area contributed by atoms with E-state index in [1.165, 1.54) is 0 Å². The Labute approximate surface area is 105 Å². The van der Waals surface area contributed by atoms with Gasteiger partial charge in [-0.1, -0.05) is 0 Å². The zero-order valence-corrected chi connectivity index (χ0v) is 10.2. The summed E-state index contributed by atoms with van der Waals surface area (Å²) in [7, 11) is 0. The van der Waals surface area contributed by atoms with Crippen molar-refractivity contribution >= 4 is 5.69 Å². The quantitative estimate of drug-likeness (QED) is 0.865. The Bertz CT molecular complexity index is 414. The molecule has 0 saturated carbocycles. The van der Waals surface area contributed by atoms with Crippen LogP contribution in [-0.2, 0) is 6.61 Å². The van der Waals surface area contributed by atoms with Gasteiger partial charge in [0, 0.05) is 19.0 Å². The van der Waals surface area contributed by atoms with Gasteiger partial charge in [-0.15, -0.1) is 0 Å². The van der Waals surface area contributed by atoms with Crippen LogP contribution in [0.2, 0.25) is 0 Å². The van der Waals surface area contributed by atoms with E-state index in [1.807, 2.05) is 0 Å². The lowest BCUT2D eigenvalue weighted by molar-refractivity contribution is 0.136. The van der Waals surface area contributed by atoms with Crippen molar-refractivity contribution in [2.45, 2.75) is 26.1 Å². The van der Waals surface area contributed by atoms with E-state index in [-0.39, 0.29) is 23.8 Å². The second-order valence-electron chi connectivity index (χ2n) is 4.80. The van der Waals surface area contributed by atoms with E-state index in [9.17, 15) is 13.9 Å². The molecule has 0 aliphatic carbocycles. The van der Waals surface area contributed by atoms with Crippen molar-refractivity contribution in [2.24, 2.45) is 5.92 Å². The first-order chi connectivity index (χ1) is 8.52. The highest BCUT2D eigenvalue weighted by Crippen LogP contribution is 2.31. The van der Waals surface area contributed by atoms with Crippen LogP contribution in [0.4, 0.5) is 14.5 Å². The molecule has 0 amide bonds. The first kappa shape index (κ1) is 13.2. The summed E-state index contributed by atoms with van der Waals surface area (Å²) in [5.41, 5.74) is 0.162. The minimum atomic E-state index is -0.662. The van der Waals surface area contributed by atoms with Crippen LogP contribution in [0.25, 0.3) is 0 Å². The molecule has 100 valence electrons. The minimum absolute atomic E-state index is 0.0429. The van der Waals surface area contributed by atoms with E-state index in [0.29, 0.717) is 13.1 Å². The zero-order chi connectivity index (χ0) is 13.3. The SMILES string of the molecule is CC(O)C1CCN(c2c(F)cc(CO)cc2F)C1. The number of rotatable bonds is 3. The third-order valence-corrected chi connectivity index (χ3v) is 3.48. The average Bonchev–Trinajstić information content (AvgIpc) is 2.77. The van der Waals surface area contributed by atoms with Gasteiger partial charge in [0.1, 0.15) is 17.3 Å². The minimum Gasteiger partial charge on any atom is -0.393 e. The third kappa shape index (κ3) is 2.47. The molecule has 2 rings (SSSR count). The van der Waals surface area contributed by atoms with Crippen LogP contribution in [0, 0.1) is 17.6 Å². The normalized spacial score (nSPS) is 21.4. The van der Waals surface area contributed by atoms with Gasteiger partial charge in [-0.3, -0.25) is 0 Å². The van der Waals surface area contributed by atoms with Gasteiger partial charge in [0.25, 0.3) is 0 Å². The first-order valence-electron chi connectivity index (χ1n) is 6.04. The molecular weight excluding hydrogens is 240 g/mol. The van der Waals surface area contributed by atoms with Crippen molar-refractivity contribution in [3.8, 4) is 0 Å². The molecule has 0 radical (unpaired) electrons. The van der Waals surface area contributed by atoms with Gasteiger partial charge in [0.15, 0.2) is 0 Å². The second kappa shape index (κ2) is 5.20. The topological polar surface area (TPSA) is 43.7 Å². The summed E-state index contributed by atoms with van der Waals surface area (Å²) in [5, 5.41) is 18.4. The van der Waals surface area contributed by atoms with Gasteiger partial charge in [0.2, 0.25) is 0 Å². The highest BCUT2D eigenvalue weighted by molar-refractivity contribution is 5.51. The molecule has 2 unspecified atom stereocenters. The standard InChI is InChI=1S/C13H17F2NO2/c1-8(18)10-2-3-16(6-10)13-11(14)4-9(7-17)5-12(13)15/h4-5,8,10,17-18H,2-3,6-7H2,1H3. The Morgan fingerprint density at radius 1 is 1.39 bits per heavy atom. The van der Waals surface area contributed by atoms with Gasteiger partial charge in [-0.25, -0.2) is 8.78 Å². The lowest BCUT2D eigenvalue weighted by Gasteiger charge is -2.21. The monoisotopic (exact) mass is 257 g/mol. The van der Waals surface area contributed by atoms with Crippen molar-refractivity contribution in [1.82, 2.24) is 0 Å². The lowest BCUT2D eigenvalue weighted by Crippen LogP contribution is -2.25. The molecule has 1 aliphatic rings. The van der Waals surface area contributed by atoms with E-state index in [1.54, 1.807) is 11.8 Å². The van der Waals surface area contributed by atoms with Gasteiger partial charge >= 0.3 is 0 Å². The largest absolute Gasteiger partial charge is 0.393 e. The second-order valence-corrected chi connectivity index (χ2v) is 4.80. The summed E-state index contributed by atoms with van der Waals surface area (Å²) < 4.78 is 27.6. The van der Waals surface area contributed by atoms with E-state index in [4.69, 9.17) is 5.11 Å². The average molecular weight is 257 g/mol. The molecule has 2 N–H and O–H groups in total. The Hall–Kier alpha value is -1.20. The predicted octanol–water partition coefficient (Wildman–Crippen LogP) is 1.66. The molecular formula is C13H17F2NO2. The maximum Gasteiger partial charge on any atom is 0.149 e. The van der Waals surface area contributed by atoms with Crippen LogP contribution < -0.4 is 4.90 Å². The molecule has 1 fully saturated rings. The van der Waals surface area contributed by atoms with Crippen molar-refractivity contribution in [1.29, 1.82) is 0 Å². The van der Waals surface area contributed by atoms with Gasteiger partial charge in [-0.05, 0) is 31.0 Å². The molecule has 1 aliphatic heterocycles. The van der Waals surface area contributed by atoms with E-state index in [0.717, 1.165) is 18.6 Å². The molecule has 0 aromatic heterocycles. The first-order valence-corrected chi connectivity index (χ1v) is 6.04. The van der Waals surface area contributed by atoms with Gasteiger partial charge in [0.05, 0.1) is 12.7 Å².